The molecule has 0 radical (unpaired) electrons. The van der Waals surface area contributed by atoms with Gasteiger partial charge in [-0.2, -0.15) is 13.2 Å². The molecule has 1 aromatic heterocycles. The third kappa shape index (κ3) is 5.03. The number of hydrogen-bond donors (Lipinski definition) is 0. The number of aryl methyl sites for hydroxylation is 2. The third-order valence-corrected chi connectivity index (χ3v) is 1.88. The highest BCUT2D eigenvalue weighted by Crippen LogP contribution is 2.43. The maximum atomic E-state index is 11.2. The summed E-state index contributed by atoms with van der Waals surface area (Å²) in [5.74, 6) is -6.56. The normalized spacial score (nSPS) is 12.7. The van der Waals surface area contributed by atoms with Gasteiger partial charge in [0.05, 0.1) is 0 Å². The van der Waals surface area contributed by atoms with Crippen LogP contribution in [0.5, 0.6) is 0 Å². The van der Waals surface area contributed by atoms with Crippen LogP contribution in [-0.2, 0) is 7.05 Å². The van der Waals surface area contributed by atoms with E-state index in [9.17, 15) is 34.9 Å². The maximum Gasteiger partial charge on any atom is 0.558 e. The van der Waals surface area contributed by atoms with Crippen LogP contribution in [0.25, 0.3) is 0 Å². The van der Waals surface area contributed by atoms with Gasteiger partial charge in [-0.05, 0) is 13.0 Å². The summed E-state index contributed by atoms with van der Waals surface area (Å²) in [5, 5.41) is 0. The van der Waals surface area contributed by atoms with Gasteiger partial charge in [-0.3, -0.25) is 0 Å². The van der Waals surface area contributed by atoms with Gasteiger partial charge in [-0.15, -0.1) is 0 Å². The van der Waals surface area contributed by atoms with Crippen LogP contribution in [0.1, 0.15) is 5.56 Å². The minimum Gasteiger partial charge on any atom is -0.445 e. The topological polar surface area (TPSA) is 3.88 Å². The van der Waals surface area contributed by atoms with Crippen molar-refractivity contribution >= 4 is 6.98 Å². The Morgan fingerprint density at radius 1 is 1.05 bits per heavy atom. The predicted molar refractivity (Wildman–Crippen MR) is 52.4 cm³/mol. The SMILES string of the molecule is Cc1ccc[n+](C)c1.F[B-](F)(F)C(F)(F)C(F)(F)F. The zero-order chi connectivity index (χ0) is 15.5. The van der Waals surface area contributed by atoms with Crippen molar-refractivity contribution in [3.63, 3.8) is 0 Å². The second-order valence-electron chi connectivity index (χ2n) is 3.74. The van der Waals surface area contributed by atoms with Crippen molar-refractivity contribution in [3.05, 3.63) is 30.1 Å². The fourth-order valence-corrected chi connectivity index (χ4v) is 0.923. The minimum absolute atomic E-state index is 1.30. The van der Waals surface area contributed by atoms with Crippen molar-refractivity contribution in [2.24, 2.45) is 7.05 Å². The van der Waals surface area contributed by atoms with E-state index in [1.807, 2.05) is 23.9 Å². The fraction of sp³-hybridized carbons (Fsp3) is 0.444. The van der Waals surface area contributed by atoms with Crippen molar-refractivity contribution in [2.45, 2.75) is 18.9 Å². The van der Waals surface area contributed by atoms with Crippen LogP contribution < -0.4 is 4.57 Å². The second kappa shape index (κ2) is 5.75. The molecule has 1 nitrogen and oxygen atoms in total. The molecule has 0 aliphatic heterocycles. The molecule has 0 N–H and O–H groups in total. The number of nitrogens with zero attached hydrogens (tertiary/aromatic N) is 1. The van der Waals surface area contributed by atoms with Gasteiger partial charge in [-0.1, -0.05) is 0 Å². The standard InChI is InChI=1S/C7H10N.C2BF8/c1-7-4-3-5-8(2)6-7;4-1(5,2(6,7)8)3(9,10)11/h3-6H,1-2H3;/q+1;-1. The van der Waals surface area contributed by atoms with Crippen molar-refractivity contribution < 1.29 is 39.5 Å². The van der Waals surface area contributed by atoms with E-state index in [0.717, 1.165) is 0 Å². The summed E-state index contributed by atoms with van der Waals surface area (Å²) in [5.41, 5.74) is 1.30. The van der Waals surface area contributed by atoms with Crippen molar-refractivity contribution in [1.29, 1.82) is 0 Å². The Labute approximate surface area is 103 Å². The lowest BCUT2D eigenvalue weighted by atomic mass is 9.80. The highest BCUT2D eigenvalue weighted by Gasteiger charge is 2.69. The summed E-state index contributed by atoms with van der Waals surface area (Å²) in [7, 11) is 2.02. The van der Waals surface area contributed by atoms with E-state index in [0.29, 0.717) is 0 Å². The Morgan fingerprint density at radius 2 is 1.53 bits per heavy atom. The predicted octanol–water partition coefficient (Wildman–Crippen LogP) is 3.39. The summed E-state index contributed by atoms with van der Waals surface area (Å²) in [6.45, 7) is -5.12. The molecule has 10 heteroatoms. The lowest BCUT2D eigenvalue weighted by Crippen LogP contribution is -2.53. The Hall–Kier alpha value is -1.35. The van der Waals surface area contributed by atoms with Gasteiger partial charge in [0.1, 0.15) is 7.05 Å². The Balaban J connectivity index is 0.000000356. The summed E-state index contributed by atoms with van der Waals surface area (Å²) in [6.07, 6.45) is -2.45. The first-order valence-corrected chi connectivity index (χ1v) is 4.85. The number of aromatic nitrogens is 1. The van der Waals surface area contributed by atoms with Crippen LogP contribution in [0, 0.1) is 6.92 Å². The second-order valence-corrected chi connectivity index (χ2v) is 3.74. The number of halogens is 8. The molecule has 0 bridgehead atoms. The van der Waals surface area contributed by atoms with E-state index in [2.05, 4.69) is 19.2 Å². The van der Waals surface area contributed by atoms with E-state index in [-0.39, 0.29) is 0 Å². The van der Waals surface area contributed by atoms with Gasteiger partial charge in [0.2, 0.25) is 0 Å². The van der Waals surface area contributed by atoms with Crippen LogP contribution in [0.15, 0.2) is 24.5 Å². The van der Waals surface area contributed by atoms with Gasteiger partial charge in [0.25, 0.3) is 0 Å². The smallest absolute Gasteiger partial charge is 0.445 e. The average Bonchev–Trinajstić information content (AvgIpc) is 2.14. The Morgan fingerprint density at radius 3 is 1.68 bits per heavy atom. The first-order valence-electron chi connectivity index (χ1n) is 4.85. The van der Waals surface area contributed by atoms with Crippen LogP contribution in [0.3, 0.4) is 0 Å². The quantitative estimate of drug-likeness (QED) is 0.425. The van der Waals surface area contributed by atoms with Crippen LogP contribution in [0.2, 0.25) is 0 Å². The van der Waals surface area contributed by atoms with Gasteiger partial charge in [0.15, 0.2) is 12.4 Å². The van der Waals surface area contributed by atoms with E-state index in [1.165, 1.54) is 5.56 Å². The first kappa shape index (κ1) is 17.7. The van der Waals surface area contributed by atoms with E-state index >= 15 is 0 Å². The molecule has 0 spiro atoms. The van der Waals surface area contributed by atoms with Crippen LogP contribution in [0.4, 0.5) is 34.9 Å². The largest absolute Gasteiger partial charge is 0.558 e. The lowest BCUT2D eigenvalue weighted by molar-refractivity contribution is -0.671. The molecular formula is C9H10BF8N. The third-order valence-electron chi connectivity index (χ3n) is 1.88. The number of pyridine rings is 1. The van der Waals surface area contributed by atoms with Gasteiger partial charge >= 0.3 is 19.0 Å². The summed E-state index contributed by atoms with van der Waals surface area (Å²) >= 11 is 0. The highest BCUT2D eigenvalue weighted by molar-refractivity contribution is 6.61. The molecule has 0 unspecified atom stereocenters. The molecule has 1 heterocycles. The molecule has 1 rings (SSSR count). The molecule has 1 aromatic rings. The van der Waals surface area contributed by atoms with Gasteiger partial charge in [-0.25, -0.2) is 13.3 Å². The summed E-state index contributed by atoms with van der Waals surface area (Å²) < 4.78 is 89.9. The van der Waals surface area contributed by atoms with Crippen molar-refractivity contribution in [2.75, 3.05) is 0 Å². The van der Waals surface area contributed by atoms with Crippen molar-refractivity contribution in [3.8, 4) is 0 Å². The monoisotopic (exact) mass is 295 g/mol. The first-order chi connectivity index (χ1) is 8.29. The van der Waals surface area contributed by atoms with E-state index in [1.54, 1.807) is 0 Å². The number of hydrogen-bond acceptors (Lipinski definition) is 0. The zero-order valence-corrected chi connectivity index (χ0v) is 9.86. The van der Waals surface area contributed by atoms with Gasteiger partial charge in [0, 0.05) is 11.6 Å². The number of rotatable bonds is 1. The molecule has 0 aromatic carbocycles. The molecule has 19 heavy (non-hydrogen) atoms. The summed E-state index contributed by atoms with van der Waals surface area (Å²) in [6, 6.07) is 4.12. The molecule has 0 aliphatic carbocycles. The molecule has 0 saturated carbocycles. The minimum atomic E-state index is -7.21. The molecular weight excluding hydrogens is 285 g/mol. The Kier molecular flexibility index (Phi) is 5.34. The van der Waals surface area contributed by atoms with Gasteiger partial charge < -0.3 is 12.9 Å². The molecule has 0 atom stereocenters. The van der Waals surface area contributed by atoms with Crippen LogP contribution in [-0.4, -0.2) is 19.0 Å². The molecule has 0 aliphatic rings. The molecule has 0 saturated heterocycles. The maximum absolute atomic E-state index is 11.2. The molecule has 110 valence electrons. The fourth-order valence-electron chi connectivity index (χ4n) is 0.923. The molecule has 0 fully saturated rings. The molecule has 0 amide bonds. The van der Waals surface area contributed by atoms with E-state index < -0.39 is 19.0 Å². The zero-order valence-electron chi connectivity index (χ0n) is 9.86. The lowest BCUT2D eigenvalue weighted by Gasteiger charge is -2.28. The number of alkyl halides is 5. The highest BCUT2D eigenvalue weighted by atomic mass is 19.4. The van der Waals surface area contributed by atoms with E-state index in [4.69, 9.17) is 0 Å². The Bertz CT molecular complexity index is 378. The van der Waals surface area contributed by atoms with Crippen LogP contribution >= 0.6 is 0 Å². The summed E-state index contributed by atoms with van der Waals surface area (Å²) in [4.78, 5) is 0. The van der Waals surface area contributed by atoms with Crippen molar-refractivity contribution in [1.82, 2.24) is 0 Å². The average molecular weight is 295 g/mol.